The van der Waals surface area contributed by atoms with Crippen molar-refractivity contribution in [3.63, 3.8) is 0 Å². The van der Waals surface area contributed by atoms with E-state index in [1.165, 1.54) is 25.7 Å². The first-order valence-corrected chi connectivity index (χ1v) is 7.54. The Morgan fingerprint density at radius 2 is 1.67 bits per heavy atom. The molecule has 18 heavy (non-hydrogen) atoms. The predicted octanol–water partition coefficient (Wildman–Crippen LogP) is 2.09. The van der Waals surface area contributed by atoms with E-state index in [9.17, 15) is 4.79 Å². The third kappa shape index (κ3) is 4.16. The molecule has 0 bridgehead atoms. The summed E-state index contributed by atoms with van der Waals surface area (Å²) in [5.74, 6) is 0.640. The predicted molar refractivity (Wildman–Crippen MR) is 73.4 cm³/mol. The Labute approximate surface area is 110 Å². The van der Waals surface area contributed by atoms with Gasteiger partial charge in [0.2, 0.25) is 0 Å². The van der Waals surface area contributed by atoms with Crippen molar-refractivity contribution >= 4 is 6.03 Å². The highest BCUT2D eigenvalue weighted by Crippen LogP contribution is 2.22. The van der Waals surface area contributed by atoms with E-state index >= 15 is 0 Å². The second-order valence-corrected chi connectivity index (χ2v) is 5.87. The Hall–Kier alpha value is -0.770. The van der Waals surface area contributed by atoms with Crippen molar-refractivity contribution in [3.8, 4) is 0 Å². The van der Waals surface area contributed by atoms with Crippen LogP contribution in [0.2, 0.25) is 0 Å². The summed E-state index contributed by atoms with van der Waals surface area (Å²) in [5, 5.41) is 3.11. The van der Waals surface area contributed by atoms with Gasteiger partial charge in [0.25, 0.3) is 0 Å². The van der Waals surface area contributed by atoms with Crippen LogP contribution in [0.3, 0.4) is 0 Å². The second-order valence-electron chi connectivity index (χ2n) is 5.87. The van der Waals surface area contributed by atoms with Crippen molar-refractivity contribution in [1.29, 1.82) is 0 Å². The number of nitrogens with zero attached hydrogens (tertiary/aromatic N) is 1. The van der Waals surface area contributed by atoms with Crippen LogP contribution in [0.4, 0.5) is 4.79 Å². The van der Waals surface area contributed by atoms with Crippen LogP contribution in [0.25, 0.3) is 0 Å². The molecule has 1 aliphatic heterocycles. The number of nitrogens with two attached hydrogens (primary N) is 1. The number of nitrogens with one attached hydrogen (secondary N) is 1. The molecule has 0 aromatic heterocycles. The summed E-state index contributed by atoms with van der Waals surface area (Å²) < 4.78 is 0. The fourth-order valence-electron chi connectivity index (χ4n) is 3.01. The number of urea groups is 1. The average molecular weight is 253 g/mol. The van der Waals surface area contributed by atoms with Crippen LogP contribution in [0.15, 0.2) is 0 Å². The zero-order chi connectivity index (χ0) is 12.8. The van der Waals surface area contributed by atoms with E-state index in [0.29, 0.717) is 12.0 Å². The maximum absolute atomic E-state index is 12.0. The molecule has 2 amide bonds. The molecule has 1 saturated heterocycles. The lowest BCUT2D eigenvalue weighted by atomic mass is 9.86. The molecule has 2 fully saturated rings. The molecule has 0 spiro atoms. The van der Waals surface area contributed by atoms with Gasteiger partial charge in [0, 0.05) is 25.7 Å². The molecule has 2 aliphatic rings. The molecule has 3 N–H and O–H groups in total. The Kier molecular flexibility index (Phi) is 5.29. The lowest BCUT2D eigenvalue weighted by Crippen LogP contribution is -2.43. The molecule has 0 atom stereocenters. The van der Waals surface area contributed by atoms with Gasteiger partial charge in [0.15, 0.2) is 0 Å². The zero-order valence-electron chi connectivity index (χ0n) is 11.4. The largest absolute Gasteiger partial charge is 0.338 e. The van der Waals surface area contributed by atoms with Gasteiger partial charge in [0.1, 0.15) is 0 Å². The van der Waals surface area contributed by atoms with Gasteiger partial charge in [0.05, 0.1) is 0 Å². The minimum absolute atomic E-state index is 0.145. The lowest BCUT2D eigenvalue weighted by Gasteiger charge is -2.27. The number of rotatable bonds is 2. The first kappa shape index (κ1) is 13.7. The van der Waals surface area contributed by atoms with E-state index in [1.54, 1.807) is 0 Å². The SMILES string of the molecule is NC1CCC(CNC(=O)N2CCCCCC2)CC1. The smallest absolute Gasteiger partial charge is 0.317 e. The van der Waals surface area contributed by atoms with Gasteiger partial charge in [-0.3, -0.25) is 0 Å². The molecule has 4 heteroatoms. The summed E-state index contributed by atoms with van der Waals surface area (Å²) in [5.41, 5.74) is 5.89. The third-order valence-electron chi connectivity index (χ3n) is 4.33. The Bertz CT molecular complexity index is 254. The molecule has 4 nitrogen and oxygen atoms in total. The summed E-state index contributed by atoms with van der Waals surface area (Å²) in [4.78, 5) is 14.0. The standard InChI is InChI=1S/C14H27N3O/c15-13-7-5-12(6-8-13)11-16-14(18)17-9-3-1-2-4-10-17/h12-13H,1-11,15H2,(H,16,18). The van der Waals surface area contributed by atoms with Crippen molar-refractivity contribution in [2.24, 2.45) is 11.7 Å². The third-order valence-corrected chi connectivity index (χ3v) is 4.33. The van der Waals surface area contributed by atoms with E-state index in [-0.39, 0.29) is 6.03 Å². The maximum atomic E-state index is 12.0. The van der Waals surface area contributed by atoms with Crippen molar-refractivity contribution in [2.75, 3.05) is 19.6 Å². The number of likely N-dealkylation sites (tertiary alicyclic amines) is 1. The first-order chi connectivity index (χ1) is 8.75. The van der Waals surface area contributed by atoms with Gasteiger partial charge < -0.3 is 16.0 Å². The van der Waals surface area contributed by atoms with E-state index in [1.807, 2.05) is 4.90 Å². The van der Waals surface area contributed by atoms with Crippen molar-refractivity contribution < 1.29 is 4.79 Å². The molecule has 1 heterocycles. The molecule has 1 aliphatic carbocycles. The fourth-order valence-corrected chi connectivity index (χ4v) is 3.01. The monoisotopic (exact) mass is 253 g/mol. The first-order valence-electron chi connectivity index (χ1n) is 7.54. The van der Waals surface area contributed by atoms with Crippen LogP contribution < -0.4 is 11.1 Å². The number of amides is 2. The van der Waals surface area contributed by atoms with Crippen molar-refractivity contribution in [2.45, 2.75) is 57.4 Å². The topological polar surface area (TPSA) is 58.4 Å². The van der Waals surface area contributed by atoms with Gasteiger partial charge in [-0.2, -0.15) is 0 Å². The van der Waals surface area contributed by atoms with E-state index in [4.69, 9.17) is 5.73 Å². The average Bonchev–Trinajstić information content (AvgIpc) is 2.66. The van der Waals surface area contributed by atoms with Gasteiger partial charge in [-0.25, -0.2) is 4.79 Å². The number of hydrogen-bond donors (Lipinski definition) is 2. The molecule has 0 aromatic rings. The molecule has 1 saturated carbocycles. The fraction of sp³-hybridized carbons (Fsp3) is 0.929. The van der Waals surface area contributed by atoms with Crippen LogP contribution in [-0.4, -0.2) is 36.6 Å². The van der Waals surface area contributed by atoms with Crippen LogP contribution in [0, 0.1) is 5.92 Å². The molecule has 0 radical (unpaired) electrons. The molecular formula is C14H27N3O. The van der Waals surface area contributed by atoms with E-state index < -0.39 is 0 Å². The minimum atomic E-state index is 0.145. The molecule has 0 unspecified atom stereocenters. The Balaban J connectivity index is 1.67. The van der Waals surface area contributed by atoms with Crippen LogP contribution in [0.5, 0.6) is 0 Å². The highest BCUT2D eigenvalue weighted by molar-refractivity contribution is 5.74. The maximum Gasteiger partial charge on any atom is 0.317 e. The quantitative estimate of drug-likeness (QED) is 0.791. The number of carbonyl (C=O) groups excluding carboxylic acids is 1. The molecule has 2 rings (SSSR count). The number of carbonyl (C=O) groups is 1. The highest BCUT2D eigenvalue weighted by atomic mass is 16.2. The van der Waals surface area contributed by atoms with E-state index in [0.717, 1.165) is 45.3 Å². The summed E-state index contributed by atoms with van der Waals surface area (Å²) in [6, 6.07) is 0.536. The normalized spacial score (nSPS) is 29.7. The highest BCUT2D eigenvalue weighted by Gasteiger charge is 2.20. The summed E-state index contributed by atoms with van der Waals surface area (Å²) in [6.07, 6.45) is 9.42. The van der Waals surface area contributed by atoms with Gasteiger partial charge in [-0.15, -0.1) is 0 Å². The molecular weight excluding hydrogens is 226 g/mol. The lowest BCUT2D eigenvalue weighted by molar-refractivity contribution is 0.195. The Morgan fingerprint density at radius 3 is 2.28 bits per heavy atom. The van der Waals surface area contributed by atoms with Gasteiger partial charge in [-0.05, 0) is 44.4 Å². The van der Waals surface area contributed by atoms with Crippen molar-refractivity contribution in [3.05, 3.63) is 0 Å². The van der Waals surface area contributed by atoms with Crippen LogP contribution in [0.1, 0.15) is 51.4 Å². The van der Waals surface area contributed by atoms with Gasteiger partial charge in [-0.1, -0.05) is 12.8 Å². The number of hydrogen-bond acceptors (Lipinski definition) is 2. The summed E-state index contributed by atoms with van der Waals surface area (Å²) in [6.45, 7) is 2.70. The second kappa shape index (κ2) is 6.98. The molecule has 0 aromatic carbocycles. The molecule has 104 valence electrons. The van der Waals surface area contributed by atoms with E-state index in [2.05, 4.69) is 5.32 Å². The van der Waals surface area contributed by atoms with Crippen molar-refractivity contribution in [1.82, 2.24) is 10.2 Å². The summed E-state index contributed by atoms with van der Waals surface area (Å²) in [7, 11) is 0. The zero-order valence-corrected chi connectivity index (χ0v) is 11.4. The Morgan fingerprint density at radius 1 is 1.06 bits per heavy atom. The van der Waals surface area contributed by atoms with Crippen LogP contribution >= 0.6 is 0 Å². The minimum Gasteiger partial charge on any atom is -0.338 e. The van der Waals surface area contributed by atoms with Crippen LogP contribution in [-0.2, 0) is 0 Å². The van der Waals surface area contributed by atoms with Gasteiger partial charge >= 0.3 is 6.03 Å². The summed E-state index contributed by atoms with van der Waals surface area (Å²) >= 11 is 0.